The first-order valence-electron chi connectivity index (χ1n) is 11.7. The molecule has 0 atom stereocenters. The van der Waals surface area contributed by atoms with E-state index in [-0.39, 0.29) is 21.6 Å². The quantitative estimate of drug-likeness (QED) is 0.229. The zero-order valence-electron chi connectivity index (χ0n) is 19.3. The second-order valence-corrected chi connectivity index (χ2v) is 9.43. The maximum absolute atomic E-state index is 10.9. The normalized spacial score (nSPS) is 29.2. The summed E-state index contributed by atoms with van der Waals surface area (Å²) in [6.07, 6.45) is 0. The molecule has 0 aromatic heterocycles. The van der Waals surface area contributed by atoms with Crippen LogP contribution >= 0.6 is 0 Å². The van der Waals surface area contributed by atoms with Crippen molar-refractivity contribution in [1.82, 2.24) is 37.2 Å². The van der Waals surface area contributed by atoms with Crippen LogP contribution < -0.4 is 37.2 Å². The van der Waals surface area contributed by atoms with E-state index in [2.05, 4.69) is 44.1 Å². The summed E-state index contributed by atoms with van der Waals surface area (Å²) in [6.45, 7) is 13.8. The molecule has 10 heteroatoms. The van der Waals surface area contributed by atoms with Gasteiger partial charge in [0.25, 0.3) is 5.69 Å². The van der Waals surface area contributed by atoms with E-state index in [1.165, 1.54) is 0 Å². The second-order valence-electron chi connectivity index (χ2n) is 9.43. The van der Waals surface area contributed by atoms with Gasteiger partial charge >= 0.3 is 0 Å². The summed E-state index contributed by atoms with van der Waals surface area (Å²) in [5.41, 5.74) is 1.14. The van der Waals surface area contributed by atoms with Gasteiger partial charge in [-0.05, 0) is 5.56 Å². The van der Waals surface area contributed by atoms with Crippen molar-refractivity contribution < 1.29 is 4.92 Å². The van der Waals surface area contributed by atoms with Gasteiger partial charge in [0.15, 0.2) is 0 Å². The summed E-state index contributed by atoms with van der Waals surface area (Å²) in [5, 5.41) is 36.5. The van der Waals surface area contributed by atoms with Crippen LogP contribution in [0.1, 0.15) is 12.5 Å². The number of nitro benzene ring substituents is 1. The Bertz CT molecular complexity index is 656. The van der Waals surface area contributed by atoms with Crippen LogP contribution in [0.15, 0.2) is 24.3 Å². The van der Waals surface area contributed by atoms with Crippen LogP contribution in [0.4, 0.5) is 5.69 Å². The number of nitro groups is 1. The van der Waals surface area contributed by atoms with Crippen LogP contribution in [0.2, 0.25) is 0 Å². The zero-order valence-corrected chi connectivity index (χ0v) is 19.3. The van der Waals surface area contributed by atoms with Gasteiger partial charge in [0.05, 0.1) is 10.5 Å². The molecule has 0 aliphatic carbocycles. The number of rotatable bonds is 4. The Balaban J connectivity index is 1.70. The summed E-state index contributed by atoms with van der Waals surface area (Å²) in [6, 6.07) is 6.80. The number of nitrogens with zero attached hydrogens (tertiary/aromatic N) is 1. The average Bonchev–Trinajstić information content (AvgIpc) is 2.79. The van der Waals surface area contributed by atoms with Gasteiger partial charge in [-0.25, -0.2) is 0 Å². The number of hydrogen-bond donors (Lipinski definition) is 7. The number of fused-ring (bicyclic) bond motifs is 15. The Hall–Kier alpha value is -1.66. The molecule has 0 radical (unpaired) electrons. The van der Waals surface area contributed by atoms with Crippen LogP contribution in [0.25, 0.3) is 0 Å². The van der Waals surface area contributed by atoms with E-state index in [9.17, 15) is 10.1 Å². The van der Waals surface area contributed by atoms with E-state index < -0.39 is 0 Å². The summed E-state index contributed by atoms with van der Waals surface area (Å²) in [5.74, 6) is 0. The SMILES string of the molecule is CC12CNCCNCC(NCc3ccc([N+](=O)[O-])cc3)(CNCCNC1)CNCCNC2. The molecule has 0 spiro atoms. The Kier molecular flexibility index (Phi) is 9.79. The fraction of sp³-hybridized carbons (Fsp3) is 0.727. The van der Waals surface area contributed by atoms with Crippen LogP contribution in [0.3, 0.4) is 0 Å². The summed E-state index contributed by atoms with van der Waals surface area (Å²) in [4.78, 5) is 10.6. The summed E-state index contributed by atoms with van der Waals surface area (Å²) in [7, 11) is 0. The van der Waals surface area contributed by atoms with Crippen LogP contribution in [0, 0.1) is 15.5 Å². The van der Waals surface area contributed by atoms with Crippen LogP contribution in [-0.2, 0) is 6.54 Å². The minimum Gasteiger partial charge on any atom is -0.315 e. The van der Waals surface area contributed by atoms with Gasteiger partial charge in [0.1, 0.15) is 0 Å². The lowest BCUT2D eigenvalue weighted by Gasteiger charge is -2.38. The van der Waals surface area contributed by atoms with Crippen molar-refractivity contribution in [3.05, 3.63) is 39.9 Å². The Morgan fingerprint density at radius 3 is 1.59 bits per heavy atom. The molecule has 3 saturated heterocycles. The molecule has 2 bridgehead atoms. The highest BCUT2D eigenvalue weighted by atomic mass is 16.6. The van der Waals surface area contributed by atoms with Gasteiger partial charge in [-0.15, -0.1) is 0 Å². The zero-order chi connectivity index (χ0) is 22.7. The van der Waals surface area contributed by atoms with Gasteiger partial charge in [-0.3, -0.25) is 10.1 Å². The van der Waals surface area contributed by atoms with Gasteiger partial charge in [-0.1, -0.05) is 19.1 Å². The van der Waals surface area contributed by atoms with Crippen LogP contribution in [-0.4, -0.2) is 89.0 Å². The van der Waals surface area contributed by atoms with Crippen LogP contribution in [0.5, 0.6) is 0 Å². The molecule has 32 heavy (non-hydrogen) atoms. The number of benzene rings is 1. The second kappa shape index (κ2) is 12.5. The molecule has 3 fully saturated rings. The van der Waals surface area contributed by atoms with E-state index >= 15 is 0 Å². The molecule has 0 amide bonds. The summed E-state index contributed by atoms with van der Waals surface area (Å²) >= 11 is 0. The first-order chi connectivity index (χ1) is 15.5. The monoisotopic (exact) mass is 448 g/mol. The van der Waals surface area contributed by atoms with E-state index in [1.54, 1.807) is 12.1 Å². The molecule has 10 nitrogen and oxygen atoms in total. The van der Waals surface area contributed by atoms with Crippen molar-refractivity contribution in [2.24, 2.45) is 5.41 Å². The molecule has 1 aromatic carbocycles. The lowest BCUT2D eigenvalue weighted by molar-refractivity contribution is -0.384. The lowest BCUT2D eigenvalue weighted by Crippen LogP contribution is -2.64. The molecule has 3 aliphatic rings. The van der Waals surface area contributed by atoms with E-state index in [1.807, 2.05) is 12.1 Å². The Labute approximate surface area is 191 Å². The third-order valence-electron chi connectivity index (χ3n) is 6.30. The highest BCUT2D eigenvalue weighted by molar-refractivity contribution is 5.32. The lowest BCUT2D eigenvalue weighted by atomic mass is 9.90. The molecular formula is C22H40N8O2. The van der Waals surface area contributed by atoms with Crippen molar-refractivity contribution in [1.29, 1.82) is 0 Å². The molecule has 0 unspecified atom stereocenters. The molecule has 1 aromatic rings. The molecule has 3 heterocycles. The fourth-order valence-corrected chi connectivity index (χ4v) is 4.27. The molecule has 180 valence electrons. The van der Waals surface area contributed by atoms with E-state index in [4.69, 9.17) is 0 Å². The summed E-state index contributed by atoms with van der Waals surface area (Å²) < 4.78 is 0. The highest BCUT2D eigenvalue weighted by Gasteiger charge is 2.30. The topological polar surface area (TPSA) is 127 Å². The predicted molar refractivity (Wildman–Crippen MR) is 128 cm³/mol. The highest BCUT2D eigenvalue weighted by Crippen LogP contribution is 2.14. The minimum atomic E-state index is -0.359. The van der Waals surface area contributed by atoms with Gasteiger partial charge in [0.2, 0.25) is 0 Å². The molecule has 7 N–H and O–H groups in total. The number of hydrogen-bond acceptors (Lipinski definition) is 9. The smallest absolute Gasteiger partial charge is 0.269 e. The number of non-ortho nitro benzene ring substituents is 1. The Morgan fingerprint density at radius 2 is 1.19 bits per heavy atom. The van der Waals surface area contributed by atoms with Crippen molar-refractivity contribution in [3.63, 3.8) is 0 Å². The van der Waals surface area contributed by atoms with Crippen molar-refractivity contribution in [2.45, 2.75) is 19.0 Å². The standard InChI is InChI=1S/C22H40N8O2/c1-21-13-23-6-9-26-16-22(17-27-10-7-24-14-21,18-28-11-8-25-15-21)29-12-19-2-4-20(5-3-19)30(31)32/h2-5,23-29H,6-18H2,1H3. The molecule has 3 aliphatic heterocycles. The fourth-order valence-electron chi connectivity index (χ4n) is 4.27. The third kappa shape index (κ3) is 8.04. The minimum absolute atomic E-state index is 0.122. The molecule has 4 rings (SSSR count). The van der Waals surface area contributed by atoms with E-state index in [0.29, 0.717) is 6.54 Å². The van der Waals surface area contributed by atoms with Crippen molar-refractivity contribution >= 4 is 5.69 Å². The first-order valence-corrected chi connectivity index (χ1v) is 11.7. The predicted octanol–water partition coefficient (Wildman–Crippen LogP) is -1.01. The Morgan fingerprint density at radius 1 is 0.781 bits per heavy atom. The third-order valence-corrected chi connectivity index (χ3v) is 6.30. The van der Waals surface area contributed by atoms with Gasteiger partial charge in [-0.2, -0.15) is 0 Å². The largest absolute Gasteiger partial charge is 0.315 e. The maximum Gasteiger partial charge on any atom is 0.269 e. The molecule has 0 saturated carbocycles. The maximum atomic E-state index is 10.9. The first kappa shape index (κ1) is 25.0. The van der Waals surface area contributed by atoms with Crippen molar-refractivity contribution in [3.8, 4) is 0 Å². The van der Waals surface area contributed by atoms with E-state index in [0.717, 1.165) is 84.1 Å². The van der Waals surface area contributed by atoms with Gasteiger partial charge in [0, 0.05) is 103 Å². The van der Waals surface area contributed by atoms with Gasteiger partial charge < -0.3 is 37.2 Å². The van der Waals surface area contributed by atoms with Crippen molar-refractivity contribution in [2.75, 3.05) is 78.5 Å². The molecular weight excluding hydrogens is 408 g/mol. The average molecular weight is 449 g/mol. The number of nitrogens with one attached hydrogen (secondary N) is 7.